The topological polar surface area (TPSA) is 67.9 Å². The second kappa shape index (κ2) is 8.25. The number of alkyl carbamates (subject to hydrolysis) is 1. The van der Waals surface area contributed by atoms with Crippen molar-refractivity contribution >= 4 is 12.2 Å². The molecule has 1 unspecified atom stereocenters. The number of benzene rings is 1. The second-order valence-electron chi connectivity index (χ2n) is 7.61. The van der Waals surface area contributed by atoms with E-state index in [1.165, 1.54) is 0 Å². The van der Waals surface area contributed by atoms with Crippen molar-refractivity contribution in [3.05, 3.63) is 48.6 Å². The third-order valence-electron chi connectivity index (χ3n) is 4.12. The summed E-state index contributed by atoms with van der Waals surface area (Å²) < 4.78 is 10.7. The summed E-state index contributed by atoms with van der Waals surface area (Å²) in [5.74, 6) is 0. The minimum Gasteiger partial charge on any atom is -0.445 e. The molecule has 1 aliphatic rings. The zero-order valence-electron chi connectivity index (χ0n) is 15.8. The molecule has 1 N–H and O–H groups in total. The number of rotatable bonds is 5. The van der Waals surface area contributed by atoms with E-state index in [1.54, 1.807) is 11.0 Å². The second-order valence-corrected chi connectivity index (χ2v) is 7.61. The van der Waals surface area contributed by atoms with Crippen molar-refractivity contribution in [3.63, 3.8) is 0 Å². The van der Waals surface area contributed by atoms with Crippen molar-refractivity contribution in [3.8, 4) is 0 Å². The van der Waals surface area contributed by atoms with Crippen molar-refractivity contribution in [2.45, 2.75) is 51.4 Å². The van der Waals surface area contributed by atoms with Gasteiger partial charge >= 0.3 is 12.2 Å². The highest BCUT2D eigenvalue weighted by molar-refractivity contribution is 5.71. The molecule has 0 radical (unpaired) electrons. The first-order chi connectivity index (χ1) is 12.2. The molecule has 1 saturated heterocycles. The highest BCUT2D eigenvalue weighted by Gasteiger charge is 2.42. The lowest BCUT2D eigenvalue weighted by Crippen LogP contribution is -2.51. The Morgan fingerprint density at radius 1 is 1.31 bits per heavy atom. The Bertz CT molecular complexity index is 639. The van der Waals surface area contributed by atoms with Crippen LogP contribution in [0.4, 0.5) is 9.59 Å². The fourth-order valence-corrected chi connectivity index (χ4v) is 2.93. The van der Waals surface area contributed by atoms with Crippen LogP contribution in [0.15, 0.2) is 43.0 Å². The number of nitrogens with one attached hydrogen (secondary N) is 1. The summed E-state index contributed by atoms with van der Waals surface area (Å²) in [5.41, 5.74) is -0.211. The Balaban J connectivity index is 1.94. The molecular formula is C20H28N2O4. The van der Waals surface area contributed by atoms with Crippen LogP contribution in [0.25, 0.3) is 0 Å². The maximum absolute atomic E-state index is 12.3. The van der Waals surface area contributed by atoms with E-state index in [-0.39, 0.29) is 12.7 Å². The van der Waals surface area contributed by atoms with Gasteiger partial charge in [-0.2, -0.15) is 0 Å². The third kappa shape index (κ3) is 5.79. The summed E-state index contributed by atoms with van der Waals surface area (Å²) >= 11 is 0. The van der Waals surface area contributed by atoms with E-state index in [4.69, 9.17) is 9.47 Å². The summed E-state index contributed by atoms with van der Waals surface area (Å²) in [6.07, 6.45) is 2.05. The molecule has 0 bridgehead atoms. The monoisotopic (exact) mass is 360 g/mol. The first-order valence-electron chi connectivity index (χ1n) is 8.81. The normalized spacial score (nSPS) is 19.7. The van der Waals surface area contributed by atoms with Gasteiger partial charge in [0, 0.05) is 13.1 Å². The molecular weight excluding hydrogens is 332 g/mol. The van der Waals surface area contributed by atoms with Gasteiger partial charge in [0.05, 0.1) is 5.54 Å². The Kier molecular flexibility index (Phi) is 6.29. The largest absolute Gasteiger partial charge is 0.445 e. The fraction of sp³-hybridized carbons (Fsp3) is 0.500. The van der Waals surface area contributed by atoms with Gasteiger partial charge in [-0.3, -0.25) is 0 Å². The molecule has 0 aromatic heterocycles. The van der Waals surface area contributed by atoms with E-state index in [2.05, 4.69) is 11.9 Å². The molecule has 142 valence electrons. The molecule has 1 aromatic rings. The van der Waals surface area contributed by atoms with Crippen molar-refractivity contribution in [1.82, 2.24) is 10.2 Å². The van der Waals surface area contributed by atoms with Gasteiger partial charge in [0.2, 0.25) is 0 Å². The predicted molar refractivity (Wildman–Crippen MR) is 99.7 cm³/mol. The SMILES string of the molecule is C=CCC1(NC(=O)OCc2ccccc2)CCN(C(=O)OC(C)(C)C)C1. The quantitative estimate of drug-likeness (QED) is 0.810. The van der Waals surface area contributed by atoms with Crippen LogP contribution in [-0.2, 0) is 16.1 Å². The lowest BCUT2D eigenvalue weighted by molar-refractivity contribution is 0.0278. The number of carbonyl (C=O) groups is 2. The van der Waals surface area contributed by atoms with Crippen LogP contribution in [0.5, 0.6) is 0 Å². The first kappa shape index (κ1) is 19.8. The van der Waals surface area contributed by atoms with Crippen LogP contribution in [0.1, 0.15) is 39.2 Å². The Labute approximate surface area is 155 Å². The van der Waals surface area contributed by atoms with Gasteiger partial charge in [-0.05, 0) is 39.2 Å². The minimum atomic E-state index is -0.577. The van der Waals surface area contributed by atoms with E-state index in [1.807, 2.05) is 51.1 Å². The van der Waals surface area contributed by atoms with Gasteiger partial charge in [-0.25, -0.2) is 9.59 Å². The third-order valence-corrected chi connectivity index (χ3v) is 4.12. The van der Waals surface area contributed by atoms with Crippen LogP contribution in [0.2, 0.25) is 0 Å². The van der Waals surface area contributed by atoms with Crippen LogP contribution in [-0.4, -0.2) is 41.3 Å². The molecule has 1 heterocycles. The van der Waals surface area contributed by atoms with E-state index >= 15 is 0 Å². The Morgan fingerprint density at radius 2 is 2.00 bits per heavy atom. The molecule has 1 atom stereocenters. The lowest BCUT2D eigenvalue weighted by atomic mass is 9.94. The zero-order chi connectivity index (χ0) is 19.2. The number of amides is 2. The molecule has 6 nitrogen and oxygen atoms in total. The van der Waals surface area contributed by atoms with Crippen molar-refractivity contribution in [1.29, 1.82) is 0 Å². The maximum atomic E-state index is 12.3. The van der Waals surface area contributed by atoms with E-state index in [0.717, 1.165) is 5.56 Å². The van der Waals surface area contributed by atoms with Crippen LogP contribution in [0.3, 0.4) is 0 Å². The lowest BCUT2D eigenvalue weighted by Gasteiger charge is -2.30. The molecule has 0 saturated carbocycles. The van der Waals surface area contributed by atoms with Gasteiger partial charge in [0.25, 0.3) is 0 Å². The predicted octanol–water partition coefficient (Wildman–Crippen LogP) is 3.87. The number of nitrogens with zero attached hydrogens (tertiary/aromatic N) is 1. The summed E-state index contributed by atoms with van der Waals surface area (Å²) in [6, 6.07) is 9.49. The fourth-order valence-electron chi connectivity index (χ4n) is 2.93. The molecule has 26 heavy (non-hydrogen) atoms. The average Bonchev–Trinajstić information content (AvgIpc) is 2.97. The van der Waals surface area contributed by atoms with Gasteiger partial charge in [0.1, 0.15) is 12.2 Å². The van der Waals surface area contributed by atoms with Gasteiger partial charge < -0.3 is 19.7 Å². The van der Waals surface area contributed by atoms with Gasteiger partial charge in [-0.1, -0.05) is 36.4 Å². The van der Waals surface area contributed by atoms with Crippen molar-refractivity contribution in [2.75, 3.05) is 13.1 Å². The first-order valence-corrected chi connectivity index (χ1v) is 8.81. The molecule has 2 rings (SSSR count). The van der Waals surface area contributed by atoms with Crippen LogP contribution < -0.4 is 5.32 Å². The zero-order valence-corrected chi connectivity index (χ0v) is 15.8. The molecule has 1 aliphatic heterocycles. The molecule has 2 amide bonds. The summed E-state index contributed by atoms with van der Waals surface area (Å²) in [6.45, 7) is 10.4. The average molecular weight is 360 g/mol. The number of likely N-dealkylation sites (tertiary alicyclic amines) is 1. The van der Waals surface area contributed by atoms with E-state index < -0.39 is 17.2 Å². The smallest absolute Gasteiger partial charge is 0.410 e. The minimum absolute atomic E-state index is 0.201. The number of hydrogen-bond acceptors (Lipinski definition) is 4. The maximum Gasteiger partial charge on any atom is 0.410 e. The van der Waals surface area contributed by atoms with Crippen molar-refractivity contribution < 1.29 is 19.1 Å². The number of carbonyl (C=O) groups excluding carboxylic acids is 2. The number of ether oxygens (including phenoxy) is 2. The van der Waals surface area contributed by atoms with Gasteiger partial charge in [0.15, 0.2) is 0 Å². The van der Waals surface area contributed by atoms with Crippen LogP contribution >= 0.6 is 0 Å². The molecule has 6 heteroatoms. The van der Waals surface area contributed by atoms with Gasteiger partial charge in [-0.15, -0.1) is 6.58 Å². The summed E-state index contributed by atoms with van der Waals surface area (Å²) in [7, 11) is 0. The highest BCUT2D eigenvalue weighted by atomic mass is 16.6. The molecule has 0 aliphatic carbocycles. The van der Waals surface area contributed by atoms with Crippen LogP contribution in [0, 0.1) is 0 Å². The molecule has 1 aromatic carbocycles. The Hall–Kier alpha value is -2.50. The molecule has 0 spiro atoms. The summed E-state index contributed by atoms with van der Waals surface area (Å²) in [4.78, 5) is 26.2. The van der Waals surface area contributed by atoms with Crippen molar-refractivity contribution in [2.24, 2.45) is 0 Å². The standard InChI is InChI=1S/C20H28N2O4/c1-5-11-20(12-13-22(15-20)18(24)26-19(2,3)4)21-17(23)25-14-16-9-7-6-8-10-16/h5-10H,1,11-15H2,2-4H3,(H,21,23). The summed E-state index contributed by atoms with van der Waals surface area (Å²) in [5, 5.41) is 2.93. The highest BCUT2D eigenvalue weighted by Crippen LogP contribution is 2.27. The van der Waals surface area contributed by atoms with E-state index in [0.29, 0.717) is 25.9 Å². The Morgan fingerprint density at radius 3 is 2.62 bits per heavy atom. The molecule has 1 fully saturated rings. The van der Waals surface area contributed by atoms with E-state index in [9.17, 15) is 9.59 Å². The number of hydrogen-bond donors (Lipinski definition) is 1.